The van der Waals surface area contributed by atoms with Gasteiger partial charge in [0.05, 0.1) is 0 Å². The fourth-order valence-electron chi connectivity index (χ4n) is 0.567. The summed E-state index contributed by atoms with van der Waals surface area (Å²) >= 11 is 0. The maximum absolute atomic E-state index is 11.0. The van der Waals surface area contributed by atoms with Crippen LogP contribution in [-0.4, -0.2) is 13.0 Å². The molecule has 1 rings (SSSR count). The molecule has 0 heterocycles. The van der Waals surface area contributed by atoms with E-state index in [0.717, 1.165) is 0 Å². The maximum Gasteiger partial charge on any atom is 0.203 e. The summed E-state index contributed by atoms with van der Waals surface area (Å²) in [5.41, 5.74) is 0.256. The average Bonchev–Trinajstić information content (AvgIpc) is 2.04. The van der Waals surface area contributed by atoms with E-state index in [1.165, 1.54) is 19.2 Å². The van der Waals surface area contributed by atoms with Crippen molar-refractivity contribution in [2.75, 3.05) is 7.05 Å². The number of nitrogens with one attached hydrogen (secondary N) is 1. The van der Waals surface area contributed by atoms with Gasteiger partial charge in [-0.15, -0.1) is 1.37 Å². The van der Waals surface area contributed by atoms with Crippen molar-refractivity contribution in [2.45, 2.75) is 0 Å². The molecule has 0 bridgehead atoms. The van der Waals surface area contributed by atoms with Crippen molar-refractivity contribution in [3.63, 3.8) is 0 Å². The van der Waals surface area contributed by atoms with E-state index < -0.39 is 0 Å². The number of benzene rings is 1. The van der Waals surface area contributed by atoms with Crippen LogP contribution in [0.15, 0.2) is 18.2 Å². The van der Waals surface area contributed by atoms with Crippen molar-refractivity contribution in [3.8, 4) is 0 Å². The maximum atomic E-state index is 11.0. The van der Waals surface area contributed by atoms with Crippen LogP contribution in [0.1, 0.15) is 11.7 Å². The van der Waals surface area contributed by atoms with Crippen molar-refractivity contribution in [1.82, 2.24) is 5.32 Å². The first-order valence-corrected chi connectivity index (χ1v) is 2.86. The van der Waals surface area contributed by atoms with Crippen molar-refractivity contribution >= 4 is 5.91 Å². The van der Waals surface area contributed by atoms with Gasteiger partial charge < -0.3 is 23.5 Å². The van der Waals surface area contributed by atoms with E-state index in [-0.39, 0.29) is 67.2 Å². The molecule has 0 fully saturated rings. The van der Waals surface area contributed by atoms with Gasteiger partial charge in [0.2, 0.25) is 5.91 Å². The Hall–Kier alpha value is 0.326. The van der Waals surface area contributed by atoms with Crippen LogP contribution in [0.3, 0.4) is 0 Å². The monoisotopic (exact) mass is 424 g/mol. The minimum absolute atomic E-state index is 0. The van der Waals surface area contributed by atoms with E-state index in [1.807, 2.05) is 0 Å². The predicted molar refractivity (Wildman–Crippen MR) is 37.5 cm³/mol. The van der Waals surface area contributed by atoms with Crippen LogP contribution < -0.4 is 5.32 Å². The molecular formula is C8H7NOUV-2. The standard InChI is InChI=1S/C8H7NO.U.V/c1-9-8(10)7-5-3-2-4-6-7;;/h3-5H,1H3,(H,9,10);;/q-2;;/i5T;;. The second-order valence-electron chi connectivity index (χ2n) is 1.70. The van der Waals surface area contributed by atoms with Gasteiger partial charge in [-0.25, -0.2) is 0 Å². The molecular weight excluding hydrogens is 415 g/mol. The van der Waals surface area contributed by atoms with Crippen molar-refractivity contribution < 1.29 is 55.8 Å². The first-order valence-electron chi connectivity index (χ1n) is 3.36. The van der Waals surface area contributed by atoms with Gasteiger partial charge in [0, 0.05) is 56.7 Å². The number of carbonyl (C=O) groups is 1. The molecule has 0 spiro atoms. The van der Waals surface area contributed by atoms with E-state index in [1.54, 1.807) is 0 Å². The minimum atomic E-state index is -0.288. The van der Waals surface area contributed by atoms with E-state index >= 15 is 0 Å². The van der Waals surface area contributed by atoms with Crippen molar-refractivity contribution in [1.29, 1.82) is 0 Å². The average molecular weight is 424 g/mol. The molecule has 0 unspecified atom stereocenters. The first kappa shape index (κ1) is 12.3. The van der Waals surface area contributed by atoms with Gasteiger partial charge in [-0.3, -0.25) is 16.9 Å². The van der Waals surface area contributed by atoms with Crippen LogP contribution in [0.2, 0.25) is 0 Å². The molecule has 0 aliphatic heterocycles. The normalized spacial score (nSPS) is 8.58. The zero-order chi connectivity index (χ0) is 8.27. The Balaban J connectivity index is 0. The Kier molecular flexibility index (Phi) is 8.17. The van der Waals surface area contributed by atoms with E-state index in [0.29, 0.717) is 0 Å². The summed E-state index contributed by atoms with van der Waals surface area (Å²) in [7, 11) is 1.52. The SMILES string of the molecule is [3H]c1c[c-]c[c-]c1C(=O)NC.[U].[V]. The Morgan fingerprint density at radius 1 is 1.75 bits per heavy atom. The zero-order valence-electron chi connectivity index (χ0n) is 7.51. The summed E-state index contributed by atoms with van der Waals surface area (Å²) in [6.07, 6.45) is 0. The molecule has 0 atom stereocenters. The fraction of sp³-hybridized carbons (Fsp3) is 0.125. The fourth-order valence-corrected chi connectivity index (χ4v) is 0.567. The molecule has 0 aliphatic carbocycles. The van der Waals surface area contributed by atoms with Gasteiger partial charge in [-0.2, -0.15) is 5.56 Å². The van der Waals surface area contributed by atoms with Crippen molar-refractivity contribution in [2.24, 2.45) is 0 Å². The molecule has 1 aromatic carbocycles. The van der Waals surface area contributed by atoms with Gasteiger partial charge in [-0.1, -0.05) is 0 Å². The van der Waals surface area contributed by atoms with Crippen LogP contribution in [0, 0.1) is 43.2 Å². The van der Waals surface area contributed by atoms with Crippen LogP contribution in [0.25, 0.3) is 0 Å². The summed E-state index contributed by atoms with van der Waals surface area (Å²) in [4.78, 5) is 11.0. The van der Waals surface area contributed by atoms with E-state index in [9.17, 15) is 4.79 Å². The second kappa shape index (κ2) is 7.95. The third-order valence-corrected chi connectivity index (χ3v) is 1.05. The summed E-state index contributed by atoms with van der Waals surface area (Å²) < 4.78 is 7.28. The van der Waals surface area contributed by atoms with Crippen molar-refractivity contribution in [3.05, 3.63) is 35.9 Å². The van der Waals surface area contributed by atoms with Gasteiger partial charge >= 0.3 is 0 Å². The Labute approximate surface area is 109 Å². The molecule has 12 heavy (non-hydrogen) atoms. The third-order valence-electron chi connectivity index (χ3n) is 1.05. The molecule has 2 nitrogen and oxygen atoms in total. The summed E-state index contributed by atoms with van der Waals surface area (Å²) in [5.74, 6) is -0.288. The molecule has 4 heteroatoms. The number of hydrogen-bond acceptors (Lipinski definition) is 1. The summed E-state index contributed by atoms with van der Waals surface area (Å²) in [6, 6.07) is 8.35. The molecule has 0 saturated carbocycles. The number of carbonyl (C=O) groups excluding carboxylic acids is 1. The molecule has 1 N–H and O–H groups in total. The quantitative estimate of drug-likeness (QED) is 0.660. The molecule has 1 aromatic rings. The smallest absolute Gasteiger partial charge is 0.203 e. The van der Waals surface area contributed by atoms with Gasteiger partial charge in [0.1, 0.15) is 0 Å². The number of amides is 1. The first-order chi connectivity index (χ1) is 5.25. The predicted octanol–water partition coefficient (Wildman–Crippen LogP) is 0.644. The molecule has 61 valence electrons. The largest absolute Gasteiger partial charge is 0.359 e. The van der Waals surface area contributed by atoms with Gasteiger partial charge in [0.15, 0.2) is 0 Å². The van der Waals surface area contributed by atoms with E-state index in [2.05, 4.69) is 17.4 Å². The third kappa shape index (κ3) is 4.38. The Bertz CT molecular complexity index is 283. The number of hydrogen-bond donors (Lipinski definition) is 1. The summed E-state index contributed by atoms with van der Waals surface area (Å²) in [5, 5.41) is 2.42. The molecule has 0 aromatic heterocycles. The van der Waals surface area contributed by atoms with E-state index in [4.69, 9.17) is 1.37 Å². The second-order valence-corrected chi connectivity index (χ2v) is 1.70. The molecule has 0 aliphatic rings. The number of rotatable bonds is 1. The van der Waals surface area contributed by atoms with Crippen LogP contribution in [0.5, 0.6) is 0 Å². The topological polar surface area (TPSA) is 29.1 Å². The van der Waals surface area contributed by atoms with Crippen LogP contribution >= 0.6 is 0 Å². The molecule has 1 radical (unpaired) electrons. The van der Waals surface area contributed by atoms with Crippen LogP contribution in [0.4, 0.5) is 0 Å². The Morgan fingerprint density at radius 3 is 2.92 bits per heavy atom. The summed E-state index contributed by atoms with van der Waals surface area (Å²) in [6.45, 7) is 0. The van der Waals surface area contributed by atoms with Gasteiger partial charge in [0.25, 0.3) is 0 Å². The van der Waals surface area contributed by atoms with Crippen LogP contribution in [-0.2, 0) is 18.6 Å². The Morgan fingerprint density at radius 2 is 2.42 bits per heavy atom. The zero-order valence-corrected chi connectivity index (χ0v) is 12.1. The minimum Gasteiger partial charge on any atom is -0.359 e. The van der Waals surface area contributed by atoms with Gasteiger partial charge in [-0.05, 0) is 0 Å². The molecule has 0 saturated heterocycles. The molecule has 1 amide bonds.